The second-order valence-corrected chi connectivity index (χ2v) is 4.19. The van der Waals surface area contributed by atoms with E-state index < -0.39 is 0 Å². The monoisotopic (exact) mass is 223 g/mol. The number of benzene rings is 1. The fourth-order valence-electron chi connectivity index (χ4n) is 1.94. The van der Waals surface area contributed by atoms with Crippen molar-refractivity contribution >= 4 is 0 Å². The summed E-state index contributed by atoms with van der Waals surface area (Å²) < 4.78 is 10.5. The first-order valence-electron chi connectivity index (χ1n) is 5.29. The van der Waals surface area contributed by atoms with Crippen LogP contribution < -0.4 is 15.4 Å². The van der Waals surface area contributed by atoms with Crippen molar-refractivity contribution in [1.82, 2.24) is 0 Å². The first-order chi connectivity index (χ1) is 7.74. The number of methoxy groups -OCH3 is 2. The van der Waals surface area contributed by atoms with Crippen LogP contribution in [0.3, 0.4) is 0 Å². The van der Waals surface area contributed by atoms with E-state index in [1.807, 2.05) is 18.2 Å². The number of hydrogen-bond acceptors (Lipinski definition) is 4. The third-order valence-electron chi connectivity index (χ3n) is 3.18. The molecule has 1 aliphatic carbocycles. The van der Waals surface area contributed by atoms with Gasteiger partial charge in [0.15, 0.2) is 0 Å². The van der Waals surface area contributed by atoms with E-state index in [0.29, 0.717) is 6.61 Å². The second kappa shape index (κ2) is 4.31. The molecule has 1 fully saturated rings. The van der Waals surface area contributed by atoms with E-state index in [4.69, 9.17) is 20.2 Å². The summed E-state index contributed by atoms with van der Waals surface area (Å²) in [6, 6.07) is 5.91. The van der Waals surface area contributed by atoms with Gasteiger partial charge in [0, 0.05) is 11.5 Å². The van der Waals surface area contributed by atoms with Crippen molar-refractivity contribution in [2.75, 3.05) is 20.8 Å². The number of nitrogens with two attached hydrogens (primary N) is 1. The zero-order chi connectivity index (χ0) is 11.6. The molecule has 0 aliphatic heterocycles. The summed E-state index contributed by atoms with van der Waals surface area (Å²) in [4.78, 5) is 4.79. The SMILES string of the molecule is COc1cc(OC)cc(C2(CON)CC2)c1. The van der Waals surface area contributed by atoms with E-state index in [1.54, 1.807) is 14.2 Å². The van der Waals surface area contributed by atoms with Crippen LogP contribution in [0.5, 0.6) is 11.5 Å². The predicted octanol–water partition coefficient (Wildman–Crippen LogP) is 1.63. The lowest BCUT2D eigenvalue weighted by molar-refractivity contribution is 0.116. The van der Waals surface area contributed by atoms with Gasteiger partial charge in [0.25, 0.3) is 0 Å². The lowest BCUT2D eigenvalue weighted by Gasteiger charge is -2.16. The molecule has 88 valence electrons. The molecule has 1 aliphatic rings. The molecule has 1 aromatic carbocycles. The molecule has 2 rings (SSSR count). The minimum absolute atomic E-state index is 0.0660. The Morgan fingerprint density at radius 3 is 2.06 bits per heavy atom. The van der Waals surface area contributed by atoms with Gasteiger partial charge in [-0.2, -0.15) is 0 Å². The molecule has 1 aromatic rings. The van der Waals surface area contributed by atoms with Gasteiger partial charge < -0.3 is 14.3 Å². The van der Waals surface area contributed by atoms with Gasteiger partial charge in [0.1, 0.15) is 11.5 Å². The van der Waals surface area contributed by atoms with Crippen molar-refractivity contribution in [1.29, 1.82) is 0 Å². The Balaban J connectivity index is 2.33. The third kappa shape index (κ3) is 1.99. The van der Waals surface area contributed by atoms with Gasteiger partial charge in [-0.1, -0.05) is 0 Å². The highest BCUT2D eigenvalue weighted by Gasteiger charge is 2.45. The predicted molar refractivity (Wildman–Crippen MR) is 60.6 cm³/mol. The van der Waals surface area contributed by atoms with Crippen molar-refractivity contribution < 1.29 is 14.3 Å². The Labute approximate surface area is 95.2 Å². The molecule has 0 spiro atoms. The maximum absolute atomic E-state index is 5.25. The summed E-state index contributed by atoms with van der Waals surface area (Å²) in [6.07, 6.45) is 2.20. The molecule has 0 aromatic heterocycles. The minimum atomic E-state index is 0.0660. The molecule has 0 amide bonds. The Morgan fingerprint density at radius 2 is 1.69 bits per heavy atom. The number of rotatable bonds is 5. The largest absolute Gasteiger partial charge is 0.497 e. The van der Waals surface area contributed by atoms with Crippen molar-refractivity contribution in [3.63, 3.8) is 0 Å². The zero-order valence-electron chi connectivity index (χ0n) is 9.66. The smallest absolute Gasteiger partial charge is 0.122 e. The lowest BCUT2D eigenvalue weighted by Crippen LogP contribution is -2.18. The molecule has 1 saturated carbocycles. The fourth-order valence-corrected chi connectivity index (χ4v) is 1.94. The van der Waals surface area contributed by atoms with Crippen molar-refractivity contribution in [2.45, 2.75) is 18.3 Å². The molecule has 2 N–H and O–H groups in total. The highest BCUT2D eigenvalue weighted by molar-refractivity contribution is 5.44. The van der Waals surface area contributed by atoms with E-state index in [9.17, 15) is 0 Å². The highest BCUT2D eigenvalue weighted by atomic mass is 16.6. The van der Waals surface area contributed by atoms with E-state index in [2.05, 4.69) is 0 Å². The Bertz CT molecular complexity index is 352. The van der Waals surface area contributed by atoms with Gasteiger partial charge in [-0.15, -0.1) is 0 Å². The van der Waals surface area contributed by atoms with Gasteiger partial charge in [0.2, 0.25) is 0 Å². The molecular weight excluding hydrogens is 206 g/mol. The average molecular weight is 223 g/mol. The molecular formula is C12H17NO3. The summed E-state index contributed by atoms with van der Waals surface area (Å²) in [5.41, 5.74) is 1.24. The molecule has 4 heteroatoms. The summed E-state index contributed by atoms with van der Waals surface area (Å²) in [5.74, 6) is 6.78. The summed E-state index contributed by atoms with van der Waals surface area (Å²) in [5, 5.41) is 0. The van der Waals surface area contributed by atoms with Crippen LogP contribution in [0.15, 0.2) is 18.2 Å². The molecule has 16 heavy (non-hydrogen) atoms. The van der Waals surface area contributed by atoms with E-state index in [1.165, 1.54) is 5.56 Å². The molecule has 0 bridgehead atoms. The van der Waals surface area contributed by atoms with Crippen LogP contribution in [0.1, 0.15) is 18.4 Å². The van der Waals surface area contributed by atoms with Gasteiger partial charge in [-0.05, 0) is 30.5 Å². The van der Waals surface area contributed by atoms with E-state index in [0.717, 1.165) is 24.3 Å². The van der Waals surface area contributed by atoms with Crippen LogP contribution in [0.4, 0.5) is 0 Å². The van der Waals surface area contributed by atoms with Crippen LogP contribution in [0.25, 0.3) is 0 Å². The van der Waals surface area contributed by atoms with Crippen molar-refractivity contribution in [3.05, 3.63) is 23.8 Å². The van der Waals surface area contributed by atoms with Crippen LogP contribution in [-0.4, -0.2) is 20.8 Å². The van der Waals surface area contributed by atoms with Crippen LogP contribution in [0.2, 0.25) is 0 Å². The highest BCUT2D eigenvalue weighted by Crippen LogP contribution is 2.49. The molecule has 0 saturated heterocycles. The molecule has 0 radical (unpaired) electrons. The van der Waals surface area contributed by atoms with Gasteiger partial charge in [0.05, 0.1) is 20.8 Å². The van der Waals surface area contributed by atoms with Gasteiger partial charge in [-0.25, -0.2) is 5.90 Å². The first-order valence-corrected chi connectivity index (χ1v) is 5.29. The molecule has 0 unspecified atom stereocenters. The fraction of sp³-hybridized carbons (Fsp3) is 0.500. The van der Waals surface area contributed by atoms with Crippen LogP contribution >= 0.6 is 0 Å². The minimum Gasteiger partial charge on any atom is -0.497 e. The topological polar surface area (TPSA) is 53.7 Å². The standard InChI is InChI=1S/C12H17NO3/c1-14-10-5-9(6-11(7-10)15-2)12(3-4-12)8-16-13/h5-7H,3-4,8,13H2,1-2H3. The third-order valence-corrected chi connectivity index (χ3v) is 3.18. The summed E-state index contributed by atoms with van der Waals surface area (Å²) in [6.45, 7) is 0.545. The van der Waals surface area contributed by atoms with Gasteiger partial charge in [-0.3, -0.25) is 0 Å². The van der Waals surface area contributed by atoms with E-state index in [-0.39, 0.29) is 5.41 Å². The Hall–Kier alpha value is -1.26. The summed E-state index contributed by atoms with van der Waals surface area (Å²) in [7, 11) is 3.30. The quantitative estimate of drug-likeness (QED) is 0.771. The first kappa shape index (κ1) is 11.2. The molecule has 0 atom stereocenters. The second-order valence-electron chi connectivity index (χ2n) is 4.19. The van der Waals surface area contributed by atoms with Crippen LogP contribution in [0, 0.1) is 0 Å². The maximum Gasteiger partial charge on any atom is 0.122 e. The summed E-state index contributed by atoms with van der Waals surface area (Å²) >= 11 is 0. The van der Waals surface area contributed by atoms with E-state index >= 15 is 0 Å². The normalized spacial score (nSPS) is 16.9. The Kier molecular flexibility index (Phi) is 3.03. The van der Waals surface area contributed by atoms with Crippen molar-refractivity contribution in [3.8, 4) is 11.5 Å². The molecule has 4 nitrogen and oxygen atoms in total. The van der Waals surface area contributed by atoms with Crippen LogP contribution in [-0.2, 0) is 10.3 Å². The average Bonchev–Trinajstić information content (AvgIpc) is 3.10. The van der Waals surface area contributed by atoms with Gasteiger partial charge >= 0.3 is 0 Å². The molecule has 0 heterocycles. The zero-order valence-corrected chi connectivity index (χ0v) is 9.66. The number of ether oxygens (including phenoxy) is 2. The lowest BCUT2D eigenvalue weighted by atomic mass is 9.96. The maximum atomic E-state index is 5.25. The number of hydrogen-bond donors (Lipinski definition) is 1. The van der Waals surface area contributed by atoms with Crippen molar-refractivity contribution in [2.24, 2.45) is 5.90 Å². The Morgan fingerprint density at radius 1 is 1.12 bits per heavy atom.